The largest absolute Gasteiger partial charge is 0.480 e. The van der Waals surface area contributed by atoms with Crippen molar-refractivity contribution < 1.29 is 19.8 Å². The van der Waals surface area contributed by atoms with E-state index in [1.54, 1.807) is 0 Å². The molecule has 0 amide bonds. The van der Waals surface area contributed by atoms with Crippen molar-refractivity contribution >= 4 is 11.9 Å². The number of aliphatic carboxylic acids is 2. The van der Waals surface area contributed by atoms with E-state index in [1.807, 2.05) is 0 Å². The Bertz CT molecular complexity index is 184. The van der Waals surface area contributed by atoms with Crippen LogP contribution in [0.2, 0.25) is 0 Å². The molecule has 1 aliphatic rings. The predicted octanol–water partition coefficient (Wildman–Crippen LogP) is -0.380. The van der Waals surface area contributed by atoms with Crippen molar-refractivity contribution in [1.82, 2.24) is 4.90 Å². The lowest BCUT2D eigenvalue weighted by Crippen LogP contribution is -2.36. The third-order valence-electron chi connectivity index (χ3n) is 1.74. The Kier molecular flexibility index (Phi) is 2.65. The van der Waals surface area contributed by atoms with Crippen LogP contribution >= 0.6 is 0 Å². The van der Waals surface area contributed by atoms with Gasteiger partial charge in [0.05, 0.1) is 13.1 Å². The highest BCUT2D eigenvalue weighted by atomic mass is 16.4. The van der Waals surface area contributed by atoms with E-state index >= 15 is 0 Å². The van der Waals surface area contributed by atoms with Gasteiger partial charge in [0.1, 0.15) is 0 Å². The minimum Gasteiger partial charge on any atom is -0.480 e. The summed E-state index contributed by atoms with van der Waals surface area (Å²) >= 11 is 0. The molecule has 0 spiro atoms. The molecular formula is C7H11NO4. The smallest absolute Gasteiger partial charge is 0.317 e. The van der Waals surface area contributed by atoms with Crippen LogP contribution in [0.5, 0.6) is 0 Å². The first-order valence-electron chi connectivity index (χ1n) is 3.77. The van der Waals surface area contributed by atoms with Gasteiger partial charge < -0.3 is 10.2 Å². The Morgan fingerprint density at radius 3 is 1.83 bits per heavy atom. The summed E-state index contributed by atoms with van der Waals surface area (Å²) in [5.74, 6) is -1.94. The summed E-state index contributed by atoms with van der Waals surface area (Å²) in [6.45, 7) is -0.339. The Hall–Kier alpha value is -1.10. The molecule has 1 aliphatic carbocycles. The van der Waals surface area contributed by atoms with Gasteiger partial charge in [-0.05, 0) is 12.8 Å². The van der Waals surface area contributed by atoms with E-state index in [-0.39, 0.29) is 19.1 Å². The molecule has 0 aliphatic heterocycles. The average molecular weight is 173 g/mol. The number of hydrogen-bond donors (Lipinski definition) is 2. The van der Waals surface area contributed by atoms with Gasteiger partial charge in [0, 0.05) is 6.04 Å². The van der Waals surface area contributed by atoms with Crippen LogP contribution < -0.4 is 0 Å². The maximum atomic E-state index is 10.3. The number of nitrogens with zero attached hydrogens (tertiary/aromatic N) is 1. The van der Waals surface area contributed by atoms with E-state index in [2.05, 4.69) is 0 Å². The highest BCUT2D eigenvalue weighted by Crippen LogP contribution is 2.25. The SMILES string of the molecule is O=C(O)CN(CC(=O)O)C1CC1. The molecule has 68 valence electrons. The summed E-state index contributed by atoms with van der Waals surface area (Å²) in [4.78, 5) is 22.1. The second kappa shape index (κ2) is 3.53. The monoisotopic (exact) mass is 173 g/mol. The van der Waals surface area contributed by atoms with Crippen LogP contribution in [-0.2, 0) is 9.59 Å². The van der Waals surface area contributed by atoms with Gasteiger partial charge in [0.15, 0.2) is 0 Å². The van der Waals surface area contributed by atoms with E-state index in [9.17, 15) is 9.59 Å². The zero-order chi connectivity index (χ0) is 9.14. The molecule has 1 saturated carbocycles. The fourth-order valence-corrected chi connectivity index (χ4v) is 1.10. The molecule has 0 saturated heterocycles. The van der Waals surface area contributed by atoms with Crippen molar-refractivity contribution in [2.24, 2.45) is 0 Å². The van der Waals surface area contributed by atoms with Gasteiger partial charge in [-0.25, -0.2) is 0 Å². The fraction of sp³-hybridized carbons (Fsp3) is 0.714. The van der Waals surface area contributed by atoms with Crippen molar-refractivity contribution in [2.75, 3.05) is 13.1 Å². The number of carboxylic acids is 2. The Morgan fingerprint density at radius 2 is 1.58 bits per heavy atom. The molecule has 0 aromatic carbocycles. The zero-order valence-electron chi connectivity index (χ0n) is 6.56. The molecule has 5 heteroatoms. The van der Waals surface area contributed by atoms with E-state index in [0.29, 0.717) is 0 Å². The molecule has 2 N–H and O–H groups in total. The van der Waals surface area contributed by atoms with E-state index < -0.39 is 11.9 Å². The normalized spacial score (nSPS) is 16.4. The minimum atomic E-state index is -0.969. The molecule has 1 rings (SSSR count). The lowest BCUT2D eigenvalue weighted by molar-refractivity contribution is -0.142. The van der Waals surface area contributed by atoms with E-state index in [0.717, 1.165) is 12.8 Å². The average Bonchev–Trinajstić information content (AvgIpc) is 2.63. The number of carboxylic acid groups (broad SMARTS) is 2. The van der Waals surface area contributed by atoms with Gasteiger partial charge in [-0.2, -0.15) is 0 Å². The Labute approximate surface area is 69.6 Å². The molecule has 0 radical (unpaired) electrons. The lowest BCUT2D eigenvalue weighted by Gasteiger charge is -2.16. The van der Waals surface area contributed by atoms with Crippen molar-refractivity contribution in [3.63, 3.8) is 0 Å². The second-order valence-corrected chi connectivity index (χ2v) is 2.92. The number of rotatable bonds is 5. The van der Waals surface area contributed by atoms with Crippen LogP contribution in [0.1, 0.15) is 12.8 Å². The first-order chi connectivity index (χ1) is 5.59. The van der Waals surface area contributed by atoms with Crippen molar-refractivity contribution in [2.45, 2.75) is 18.9 Å². The summed E-state index contributed by atoms with van der Waals surface area (Å²) < 4.78 is 0. The van der Waals surface area contributed by atoms with Crippen molar-refractivity contribution in [3.05, 3.63) is 0 Å². The standard InChI is InChI=1S/C7H11NO4/c9-6(10)3-8(4-7(11)12)5-1-2-5/h5H,1-4H2,(H,9,10)(H,11,12). The topological polar surface area (TPSA) is 77.8 Å². The molecular weight excluding hydrogens is 162 g/mol. The van der Waals surface area contributed by atoms with Gasteiger partial charge in [-0.3, -0.25) is 14.5 Å². The summed E-state index contributed by atoms with van der Waals surface area (Å²) in [5.41, 5.74) is 0. The van der Waals surface area contributed by atoms with Crippen LogP contribution in [0.3, 0.4) is 0 Å². The highest BCUT2D eigenvalue weighted by molar-refractivity contribution is 5.72. The molecule has 0 aromatic rings. The van der Waals surface area contributed by atoms with Crippen LogP contribution in [0.4, 0.5) is 0 Å². The van der Waals surface area contributed by atoms with Gasteiger partial charge in [0.2, 0.25) is 0 Å². The van der Waals surface area contributed by atoms with Crippen molar-refractivity contribution in [3.8, 4) is 0 Å². The first-order valence-corrected chi connectivity index (χ1v) is 3.77. The van der Waals surface area contributed by atoms with Gasteiger partial charge in [-0.1, -0.05) is 0 Å². The summed E-state index contributed by atoms with van der Waals surface area (Å²) in [6, 6.07) is 0.178. The molecule has 0 bridgehead atoms. The molecule has 0 aromatic heterocycles. The second-order valence-electron chi connectivity index (χ2n) is 2.92. The quantitative estimate of drug-likeness (QED) is 0.592. The van der Waals surface area contributed by atoms with Crippen LogP contribution in [0.15, 0.2) is 0 Å². The number of hydrogen-bond acceptors (Lipinski definition) is 3. The van der Waals surface area contributed by atoms with Crippen LogP contribution in [-0.4, -0.2) is 46.2 Å². The predicted molar refractivity (Wildman–Crippen MR) is 39.9 cm³/mol. The maximum absolute atomic E-state index is 10.3. The third-order valence-corrected chi connectivity index (χ3v) is 1.74. The summed E-state index contributed by atoms with van der Waals surface area (Å²) in [7, 11) is 0. The number of carbonyl (C=O) groups is 2. The maximum Gasteiger partial charge on any atom is 0.317 e. The van der Waals surface area contributed by atoms with Crippen molar-refractivity contribution in [1.29, 1.82) is 0 Å². The molecule has 0 unspecified atom stereocenters. The van der Waals surface area contributed by atoms with E-state index in [1.165, 1.54) is 4.90 Å². The van der Waals surface area contributed by atoms with Gasteiger partial charge in [-0.15, -0.1) is 0 Å². The zero-order valence-corrected chi connectivity index (χ0v) is 6.56. The fourth-order valence-electron chi connectivity index (χ4n) is 1.10. The Balaban J connectivity index is 2.37. The minimum absolute atomic E-state index is 0.170. The third kappa shape index (κ3) is 2.87. The molecule has 12 heavy (non-hydrogen) atoms. The summed E-state index contributed by atoms with van der Waals surface area (Å²) in [6.07, 6.45) is 1.83. The molecule has 1 fully saturated rings. The first kappa shape index (κ1) is 8.99. The molecule has 0 atom stereocenters. The van der Waals surface area contributed by atoms with Crippen LogP contribution in [0, 0.1) is 0 Å². The lowest BCUT2D eigenvalue weighted by atomic mass is 10.4. The highest BCUT2D eigenvalue weighted by Gasteiger charge is 2.31. The summed E-state index contributed by atoms with van der Waals surface area (Å²) in [5, 5.41) is 16.9. The van der Waals surface area contributed by atoms with Gasteiger partial charge in [0.25, 0.3) is 0 Å². The van der Waals surface area contributed by atoms with Crippen LogP contribution in [0.25, 0.3) is 0 Å². The van der Waals surface area contributed by atoms with Gasteiger partial charge >= 0.3 is 11.9 Å². The molecule has 5 nitrogen and oxygen atoms in total. The van der Waals surface area contributed by atoms with E-state index in [4.69, 9.17) is 10.2 Å². The molecule has 0 heterocycles. The Morgan fingerprint density at radius 1 is 1.17 bits per heavy atom.